The van der Waals surface area contributed by atoms with E-state index in [2.05, 4.69) is 0 Å². The van der Waals surface area contributed by atoms with Crippen LogP contribution in [0.4, 0.5) is 13.2 Å². The van der Waals surface area contributed by atoms with Gasteiger partial charge in [-0.15, -0.1) is 0 Å². The van der Waals surface area contributed by atoms with E-state index in [4.69, 9.17) is 13.0 Å². The molecule has 0 bridgehead atoms. The van der Waals surface area contributed by atoms with Gasteiger partial charge in [-0.1, -0.05) is 60.7 Å². The molecule has 3 nitrogen and oxygen atoms in total. The SMILES string of the molecule is CO[Si](CCC(F)(F)F)(OC)O[Si](C)(c1ccccc1)c1ccccc1. The molecule has 2 rings (SSSR count). The Kier molecular flexibility index (Phi) is 6.81. The minimum atomic E-state index is -4.30. The van der Waals surface area contributed by atoms with Gasteiger partial charge in [0.15, 0.2) is 0 Å². The molecule has 2 aromatic rings. The second-order valence-corrected chi connectivity index (χ2v) is 12.8. The Morgan fingerprint density at radius 3 is 1.58 bits per heavy atom. The number of hydrogen-bond acceptors (Lipinski definition) is 3. The quantitative estimate of drug-likeness (QED) is 0.634. The van der Waals surface area contributed by atoms with E-state index < -0.39 is 29.7 Å². The molecule has 0 saturated heterocycles. The third kappa shape index (κ3) is 5.04. The molecule has 0 fully saturated rings. The molecular weight excluding hydrogens is 377 g/mol. The third-order valence-corrected chi connectivity index (χ3v) is 12.2. The van der Waals surface area contributed by atoms with Gasteiger partial charge in [0.1, 0.15) is 0 Å². The molecule has 0 N–H and O–H groups in total. The van der Waals surface area contributed by atoms with Gasteiger partial charge in [0.2, 0.25) is 8.32 Å². The lowest BCUT2D eigenvalue weighted by molar-refractivity contribution is -0.132. The first kappa shape index (κ1) is 20.9. The first-order valence-electron chi connectivity index (χ1n) is 8.23. The Bertz CT molecular complexity index is 638. The Balaban J connectivity index is 2.45. The normalized spacial score (nSPS) is 13.0. The predicted octanol–water partition coefficient (Wildman–Crippen LogP) is 3.58. The first-order chi connectivity index (χ1) is 12.2. The van der Waals surface area contributed by atoms with Crippen LogP contribution in [0.1, 0.15) is 6.42 Å². The Morgan fingerprint density at radius 1 is 0.808 bits per heavy atom. The summed E-state index contributed by atoms with van der Waals surface area (Å²) >= 11 is 0. The van der Waals surface area contributed by atoms with E-state index in [9.17, 15) is 13.2 Å². The summed E-state index contributed by atoms with van der Waals surface area (Å²) in [6.07, 6.45) is -5.30. The van der Waals surface area contributed by atoms with Crippen molar-refractivity contribution < 1.29 is 26.1 Å². The van der Waals surface area contributed by atoms with Gasteiger partial charge < -0.3 is 13.0 Å². The molecule has 2 aromatic carbocycles. The van der Waals surface area contributed by atoms with Crippen molar-refractivity contribution in [2.24, 2.45) is 0 Å². The van der Waals surface area contributed by atoms with Crippen molar-refractivity contribution >= 4 is 27.5 Å². The molecule has 0 aliphatic heterocycles. The summed E-state index contributed by atoms with van der Waals surface area (Å²) in [5, 5.41) is 1.90. The summed E-state index contributed by atoms with van der Waals surface area (Å²) < 4.78 is 55.7. The van der Waals surface area contributed by atoms with Gasteiger partial charge >= 0.3 is 15.0 Å². The van der Waals surface area contributed by atoms with E-state index in [1.54, 1.807) is 0 Å². The minimum absolute atomic E-state index is 0.314. The molecular formula is C18H23F3O3Si2. The highest BCUT2D eigenvalue weighted by molar-refractivity contribution is 7.00. The zero-order valence-corrected chi connectivity index (χ0v) is 17.0. The average molecular weight is 401 g/mol. The summed E-state index contributed by atoms with van der Waals surface area (Å²) in [6, 6.07) is 18.8. The summed E-state index contributed by atoms with van der Waals surface area (Å²) in [7, 11) is -3.63. The van der Waals surface area contributed by atoms with Crippen molar-refractivity contribution in [2.45, 2.75) is 25.2 Å². The van der Waals surface area contributed by atoms with Crippen molar-refractivity contribution in [1.29, 1.82) is 0 Å². The van der Waals surface area contributed by atoms with Gasteiger partial charge in [-0.25, -0.2) is 0 Å². The number of halogens is 3. The number of rotatable bonds is 8. The molecule has 8 heteroatoms. The summed E-state index contributed by atoms with van der Waals surface area (Å²) in [5.41, 5.74) is 0. The van der Waals surface area contributed by atoms with Crippen LogP contribution in [-0.4, -0.2) is 37.5 Å². The van der Waals surface area contributed by atoms with E-state index in [0.29, 0.717) is 0 Å². The molecule has 0 spiro atoms. The van der Waals surface area contributed by atoms with E-state index in [-0.39, 0.29) is 6.04 Å². The van der Waals surface area contributed by atoms with Crippen LogP contribution >= 0.6 is 0 Å². The first-order valence-corrected chi connectivity index (χ1v) is 12.6. The maximum Gasteiger partial charge on any atom is 0.490 e. The molecule has 0 heterocycles. The summed E-state index contributed by atoms with van der Waals surface area (Å²) in [6.45, 7) is 1.96. The van der Waals surface area contributed by atoms with E-state index in [0.717, 1.165) is 10.4 Å². The topological polar surface area (TPSA) is 27.7 Å². The molecule has 0 saturated carbocycles. The molecule has 0 aliphatic rings. The highest BCUT2D eigenvalue weighted by Crippen LogP contribution is 2.29. The third-order valence-electron chi connectivity index (χ3n) is 4.35. The van der Waals surface area contributed by atoms with Crippen LogP contribution in [0.15, 0.2) is 60.7 Å². The second kappa shape index (κ2) is 8.49. The lowest BCUT2D eigenvalue weighted by atomic mass is 10.4. The molecule has 142 valence electrons. The summed E-state index contributed by atoms with van der Waals surface area (Å²) in [4.78, 5) is 0. The maximum absolute atomic E-state index is 12.8. The minimum Gasteiger partial charge on any atom is -0.407 e. The van der Waals surface area contributed by atoms with E-state index in [1.807, 2.05) is 67.2 Å². The van der Waals surface area contributed by atoms with Gasteiger partial charge in [0.25, 0.3) is 0 Å². The van der Waals surface area contributed by atoms with Gasteiger partial charge in [-0.2, -0.15) is 13.2 Å². The molecule has 0 unspecified atom stereocenters. The van der Waals surface area contributed by atoms with E-state index in [1.165, 1.54) is 14.2 Å². The zero-order valence-electron chi connectivity index (χ0n) is 15.0. The fourth-order valence-electron chi connectivity index (χ4n) is 2.82. The van der Waals surface area contributed by atoms with Crippen molar-refractivity contribution in [3.63, 3.8) is 0 Å². The molecule has 0 atom stereocenters. The van der Waals surface area contributed by atoms with Crippen LogP contribution in [0, 0.1) is 0 Å². The van der Waals surface area contributed by atoms with E-state index >= 15 is 0 Å². The highest BCUT2D eigenvalue weighted by Gasteiger charge is 2.50. The smallest absolute Gasteiger partial charge is 0.407 e. The molecule has 0 amide bonds. The largest absolute Gasteiger partial charge is 0.490 e. The van der Waals surface area contributed by atoms with Crippen molar-refractivity contribution in [1.82, 2.24) is 0 Å². The van der Waals surface area contributed by atoms with Crippen LogP contribution in [-0.2, 0) is 13.0 Å². The molecule has 0 radical (unpaired) electrons. The Labute approximate surface area is 154 Å². The van der Waals surface area contributed by atoms with Crippen LogP contribution in [0.25, 0.3) is 0 Å². The Hall–Kier alpha value is -1.46. The van der Waals surface area contributed by atoms with Crippen molar-refractivity contribution in [2.75, 3.05) is 14.2 Å². The number of benzene rings is 2. The zero-order chi connectivity index (χ0) is 19.3. The number of alkyl halides is 3. The lowest BCUT2D eigenvalue weighted by Gasteiger charge is -2.37. The second-order valence-electron chi connectivity index (χ2n) is 6.07. The van der Waals surface area contributed by atoms with Crippen LogP contribution in [0.5, 0.6) is 0 Å². The number of hydrogen-bond donors (Lipinski definition) is 0. The Morgan fingerprint density at radius 2 is 1.23 bits per heavy atom. The van der Waals surface area contributed by atoms with Gasteiger partial charge in [-0.3, -0.25) is 0 Å². The maximum atomic E-state index is 12.8. The standard InChI is InChI=1S/C18H23F3O3Si2/c1-22-26(23-2,15-14-18(19,20)21)24-25(3,16-10-6-4-7-11-16)17-12-8-5-9-13-17/h4-13H,14-15H2,1-3H3. The average Bonchev–Trinajstić information content (AvgIpc) is 2.66. The van der Waals surface area contributed by atoms with Crippen LogP contribution < -0.4 is 10.4 Å². The summed E-state index contributed by atoms with van der Waals surface area (Å²) in [5.74, 6) is 0. The van der Waals surface area contributed by atoms with Gasteiger partial charge in [0.05, 0.1) is 0 Å². The highest BCUT2D eigenvalue weighted by atomic mass is 28.5. The van der Waals surface area contributed by atoms with Crippen LogP contribution in [0.2, 0.25) is 12.6 Å². The molecule has 0 aromatic heterocycles. The van der Waals surface area contributed by atoms with Crippen molar-refractivity contribution in [3.8, 4) is 0 Å². The lowest BCUT2D eigenvalue weighted by Crippen LogP contribution is -2.65. The molecule has 26 heavy (non-hydrogen) atoms. The molecule has 0 aliphatic carbocycles. The van der Waals surface area contributed by atoms with Gasteiger partial charge in [-0.05, 0) is 16.9 Å². The van der Waals surface area contributed by atoms with Gasteiger partial charge in [0, 0.05) is 26.7 Å². The predicted molar refractivity (Wildman–Crippen MR) is 100 cm³/mol. The monoisotopic (exact) mass is 400 g/mol. The fourth-order valence-corrected chi connectivity index (χ4v) is 10.5. The van der Waals surface area contributed by atoms with Crippen LogP contribution in [0.3, 0.4) is 0 Å². The fraction of sp³-hybridized carbons (Fsp3) is 0.333. The van der Waals surface area contributed by atoms with Crippen molar-refractivity contribution in [3.05, 3.63) is 60.7 Å².